The second-order valence-corrected chi connectivity index (χ2v) is 27.4. The largest absolute Gasteiger partial charge is 0.492 e. The summed E-state index contributed by atoms with van der Waals surface area (Å²) in [6.07, 6.45) is -13.1. The van der Waals surface area contributed by atoms with Crippen molar-refractivity contribution in [1.29, 1.82) is 0 Å². The maximum absolute atomic E-state index is 14.5. The topological polar surface area (TPSA) is 317 Å². The lowest BCUT2D eigenvalue weighted by Gasteiger charge is -2.47. The number of thioether (sulfide) groups is 1. The highest BCUT2D eigenvalue weighted by atomic mass is 127. The molecule has 6 aliphatic rings. The van der Waals surface area contributed by atoms with Gasteiger partial charge in [0.25, 0.3) is 0 Å². The van der Waals surface area contributed by atoms with Gasteiger partial charge in [0.15, 0.2) is 41.8 Å². The number of likely N-dealkylation sites (N-methyl/N-ethyl adjacent to an activating group) is 1. The van der Waals surface area contributed by atoms with Gasteiger partial charge in [0.05, 0.1) is 91.3 Å². The Labute approximate surface area is 534 Å². The van der Waals surface area contributed by atoms with Gasteiger partial charge in [-0.25, -0.2) is 9.69 Å². The molecule has 4 saturated heterocycles. The van der Waals surface area contributed by atoms with E-state index in [0.717, 1.165) is 25.8 Å². The van der Waals surface area contributed by atoms with E-state index < -0.39 is 144 Å². The number of carbonyl (C=O) groups excluding carboxylic acids is 4. The molecule has 19 atom stereocenters. The molecule has 2 aliphatic carbocycles. The molecule has 1 aromatic carbocycles. The molecule has 0 saturated carbocycles. The third kappa shape index (κ3) is 16.1. The van der Waals surface area contributed by atoms with Crippen molar-refractivity contribution < 1.29 is 106 Å². The number of allylic oxidation sites excluding steroid dienone is 3. The van der Waals surface area contributed by atoms with E-state index in [-0.39, 0.29) is 65.2 Å². The van der Waals surface area contributed by atoms with Crippen LogP contribution in [-0.4, -0.2) is 229 Å². The van der Waals surface area contributed by atoms with Gasteiger partial charge in [0.1, 0.15) is 42.3 Å². The molecule has 4 fully saturated rings. The minimum atomic E-state index is -2.18. The maximum atomic E-state index is 14.5. The zero-order valence-electron chi connectivity index (χ0n) is 50.0. The van der Waals surface area contributed by atoms with E-state index in [1.165, 1.54) is 64.9 Å². The molecule has 4 heterocycles. The number of methoxy groups -OCH3 is 5. The number of ether oxygens (including phenoxy) is 12. The van der Waals surface area contributed by atoms with Gasteiger partial charge in [-0.15, -0.1) is 0 Å². The predicted octanol–water partition coefficient (Wildman–Crippen LogP) is 3.46. The second kappa shape index (κ2) is 32.3. The average Bonchev–Trinajstić information content (AvgIpc) is 0.950. The van der Waals surface area contributed by atoms with E-state index in [0.29, 0.717) is 20.6 Å². The number of hydroxylamine groups is 1. The molecule has 482 valence electrons. The van der Waals surface area contributed by atoms with Crippen molar-refractivity contribution in [3.8, 4) is 40.9 Å². The van der Waals surface area contributed by atoms with Gasteiger partial charge in [-0.3, -0.25) is 19.2 Å². The first kappa shape index (κ1) is 71.2. The Hall–Kier alpha value is -3.27. The highest BCUT2D eigenvalue weighted by Gasteiger charge is 2.53. The lowest BCUT2D eigenvalue weighted by molar-refractivity contribution is -0.336. The minimum absolute atomic E-state index is 0.0152. The first-order chi connectivity index (χ1) is 41.5. The number of aliphatic hydroxyl groups is 5. The standard InChI is InChI=1S/C57H76IN3O22S4/c1-13-59-32-25-76-37(23-36(32)71-7)81-50-45(66)42(27(3)78-55(50)80-35-18-16-14-15-17-20-57(70)24-34(64)43(61(30(6)62)56(69)75-11)40(35)31(57)19-21-85-87-84-12)60-83-38-22-33(63)52(29(5)77-38)86-53(68)39-26(2)41(58)48(51(74-10)47(39)72-8)82-54-46(67)49(73-9)44(65)28(4)79-54/h14-15,19,27-29,32-33,35-38,42,44-46,49-50,52,54-55,59-60,63,65-67,70H,13,21-25H2,1-12H3/b15-14?,31-19+/t27-,28+,29-,32+,33+,35+,36+,37+,38+,42-,44+,45+,46-,49-,50-,52-,54+,55+,57+/m1/s1. The molecule has 0 radical (unpaired) electrons. The number of Topliss-reactive ketones (excluding diaryl/α,β-unsaturated/α-hetero) is 1. The fourth-order valence-electron chi connectivity index (χ4n) is 10.9. The number of ketones is 1. The lowest BCUT2D eigenvalue weighted by Crippen LogP contribution is -2.65. The molecule has 7 rings (SSSR count). The first-order valence-corrected chi connectivity index (χ1v) is 33.8. The molecule has 7 N–H and O–H groups in total. The number of nitrogens with zero attached hydrogens (tertiary/aromatic N) is 1. The minimum Gasteiger partial charge on any atom is -0.492 e. The molecule has 1 aromatic rings. The Bertz CT molecular complexity index is 2860. The van der Waals surface area contributed by atoms with E-state index in [2.05, 4.69) is 34.5 Å². The number of hydrogen-bond acceptors (Lipinski definition) is 28. The number of imide groups is 1. The monoisotopic (exact) mass is 1410 g/mol. The van der Waals surface area contributed by atoms with E-state index in [1.807, 2.05) is 35.8 Å². The molecule has 2 amide bonds. The van der Waals surface area contributed by atoms with Gasteiger partial charge in [-0.05, 0) is 90.6 Å². The summed E-state index contributed by atoms with van der Waals surface area (Å²) in [6.45, 7) is 10.4. The Morgan fingerprint density at radius 3 is 2.24 bits per heavy atom. The van der Waals surface area contributed by atoms with Crippen molar-refractivity contribution in [3.63, 3.8) is 0 Å². The van der Waals surface area contributed by atoms with Crippen molar-refractivity contribution in [2.45, 2.75) is 176 Å². The van der Waals surface area contributed by atoms with Crippen LogP contribution in [0, 0.1) is 34.2 Å². The van der Waals surface area contributed by atoms with Crippen molar-refractivity contribution in [2.75, 3.05) is 60.7 Å². The van der Waals surface area contributed by atoms with Crippen LogP contribution in [0.4, 0.5) is 4.79 Å². The predicted molar refractivity (Wildman–Crippen MR) is 329 cm³/mol. The number of hydrogen-bond donors (Lipinski definition) is 7. The fraction of sp³-hybridized carbons (Fsp3) is 0.649. The van der Waals surface area contributed by atoms with Gasteiger partial charge >= 0.3 is 6.09 Å². The van der Waals surface area contributed by atoms with Gasteiger partial charge < -0.3 is 87.7 Å². The number of carbonyl (C=O) groups is 4. The summed E-state index contributed by atoms with van der Waals surface area (Å²) in [5, 5.41) is 60.4. The summed E-state index contributed by atoms with van der Waals surface area (Å²) in [6, 6.07) is -1.35. The van der Waals surface area contributed by atoms with Gasteiger partial charge in [-0.2, -0.15) is 5.48 Å². The van der Waals surface area contributed by atoms with Crippen molar-refractivity contribution in [3.05, 3.63) is 49.8 Å². The SMILES string of the molecule is CCN[C@H]1CO[C@@H](O[C@H]2[C@H](O[C@H]3C#CC=CC#C[C@]4(O)CC(=O)C(N(C(C)=O)C(=O)OC)=C3/C4=C\CSSSC)O[C@H](C)[C@@H](NO[C@H]3C[C@H](O)[C@H](SC(=O)c4c(C)c(I)c(O[C@@H]5O[C@@H](C)[C@H](O)[C@@H](OC)[C@H]5O)c(OC)c4OC)[C@@H](C)O3)[C@@H]2O)C[C@@H]1OC. The molecule has 87 heavy (non-hydrogen) atoms. The lowest BCUT2D eigenvalue weighted by atomic mass is 9.75. The Kier molecular flexibility index (Phi) is 26.5. The highest BCUT2D eigenvalue weighted by Crippen LogP contribution is 2.49. The van der Waals surface area contributed by atoms with Gasteiger partial charge in [0, 0.05) is 50.9 Å². The first-order valence-electron chi connectivity index (χ1n) is 27.8. The molecule has 2 bridgehead atoms. The highest BCUT2D eigenvalue weighted by molar-refractivity contribution is 14.1. The van der Waals surface area contributed by atoms with Crippen LogP contribution in [0.25, 0.3) is 0 Å². The number of benzene rings is 1. The summed E-state index contributed by atoms with van der Waals surface area (Å²) >= 11 is 2.80. The Morgan fingerprint density at radius 2 is 1.60 bits per heavy atom. The number of rotatable bonds is 22. The molecule has 0 unspecified atom stereocenters. The van der Waals surface area contributed by atoms with Crippen LogP contribution in [0.5, 0.6) is 17.2 Å². The number of amides is 2. The zero-order valence-corrected chi connectivity index (χ0v) is 55.4. The summed E-state index contributed by atoms with van der Waals surface area (Å²) < 4.78 is 72.7. The molecule has 0 spiro atoms. The molecule has 4 aliphatic heterocycles. The van der Waals surface area contributed by atoms with Crippen molar-refractivity contribution in [2.24, 2.45) is 0 Å². The van der Waals surface area contributed by atoms with Crippen molar-refractivity contribution >= 4 is 88.7 Å². The smallest absolute Gasteiger partial charge is 0.421 e. The van der Waals surface area contributed by atoms with E-state index in [1.54, 1.807) is 40.9 Å². The number of halogens is 1. The van der Waals surface area contributed by atoms with Gasteiger partial charge in [-0.1, -0.05) is 70.0 Å². The number of fused-ring (bicyclic) bond motifs is 2. The zero-order chi connectivity index (χ0) is 63.6. The van der Waals surface area contributed by atoms with Crippen LogP contribution in [0.2, 0.25) is 0 Å². The van der Waals surface area contributed by atoms with Crippen LogP contribution >= 0.6 is 65.8 Å². The molecule has 25 nitrogen and oxygen atoms in total. The molecular formula is C57H76IN3O22S4. The second-order valence-electron chi connectivity index (χ2n) is 20.8. The Morgan fingerprint density at radius 1 is 0.885 bits per heavy atom. The average molecular weight is 1410 g/mol. The van der Waals surface area contributed by atoms with E-state index in [4.69, 9.17) is 61.7 Å². The maximum Gasteiger partial charge on any atom is 0.421 e. The fourth-order valence-corrected chi connectivity index (χ4v) is 15.1. The van der Waals surface area contributed by atoms with Crippen molar-refractivity contribution in [1.82, 2.24) is 15.7 Å². The molecular weight excluding hydrogens is 1330 g/mol. The normalized spacial score (nSPS) is 34.7. The summed E-state index contributed by atoms with van der Waals surface area (Å²) in [7, 11) is 11.0. The van der Waals surface area contributed by atoms with Crippen LogP contribution in [0.15, 0.2) is 35.1 Å². The van der Waals surface area contributed by atoms with E-state index in [9.17, 15) is 44.7 Å². The van der Waals surface area contributed by atoms with Crippen LogP contribution in [0.3, 0.4) is 0 Å². The van der Waals surface area contributed by atoms with E-state index >= 15 is 0 Å². The number of aliphatic hydroxyl groups excluding tert-OH is 4. The van der Waals surface area contributed by atoms with Gasteiger partial charge in [0.2, 0.25) is 23.1 Å². The quantitative estimate of drug-likeness (QED) is 0.0287. The van der Waals surface area contributed by atoms with Crippen LogP contribution in [-0.2, 0) is 57.1 Å². The summed E-state index contributed by atoms with van der Waals surface area (Å²) in [5.41, 5.74) is 0.606. The third-order valence-corrected chi connectivity index (χ3v) is 21.6. The number of nitrogens with one attached hydrogen (secondary N) is 2. The van der Waals surface area contributed by atoms with Crippen LogP contribution < -0.4 is 25.0 Å². The Balaban J connectivity index is 1.15. The third-order valence-electron chi connectivity index (χ3n) is 15.2. The summed E-state index contributed by atoms with van der Waals surface area (Å²) in [5.74, 6) is 10.0. The molecule has 0 aromatic heterocycles. The summed E-state index contributed by atoms with van der Waals surface area (Å²) in [4.78, 5) is 62.5. The van der Waals surface area contributed by atoms with Crippen LogP contribution in [0.1, 0.15) is 69.8 Å². The molecule has 30 heteroatoms.